The lowest BCUT2D eigenvalue weighted by atomic mass is 10.2. The van der Waals surface area contributed by atoms with Gasteiger partial charge in [-0.05, 0) is 24.6 Å². The van der Waals surface area contributed by atoms with Gasteiger partial charge in [0, 0.05) is 19.6 Å². The monoisotopic (exact) mass is 295 g/mol. The van der Waals surface area contributed by atoms with E-state index in [9.17, 15) is 8.42 Å². The van der Waals surface area contributed by atoms with E-state index in [4.69, 9.17) is 10.00 Å². The van der Waals surface area contributed by atoms with Crippen LogP contribution in [0.2, 0.25) is 0 Å². The van der Waals surface area contributed by atoms with Crippen LogP contribution in [-0.2, 0) is 14.8 Å². The van der Waals surface area contributed by atoms with Gasteiger partial charge in [0.2, 0.25) is 10.0 Å². The molecule has 1 aromatic carbocycles. The molecule has 1 aliphatic rings. The fourth-order valence-electron chi connectivity index (χ4n) is 1.99. The predicted molar refractivity (Wildman–Crippen MR) is 73.7 cm³/mol. The molecule has 1 unspecified atom stereocenters. The van der Waals surface area contributed by atoms with Crippen LogP contribution in [0.3, 0.4) is 0 Å². The highest BCUT2D eigenvalue weighted by Crippen LogP contribution is 2.16. The minimum Gasteiger partial charge on any atom is -0.374 e. The molecule has 1 atom stereocenters. The second-order valence-corrected chi connectivity index (χ2v) is 6.38. The molecule has 6 nitrogen and oxygen atoms in total. The molecule has 0 aliphatic carbocycles. The molecule has 1 aromatic rings. The van der Waals surface area contributed by atoms with Crippen LogP contribution in [0.5, 0.6) is 0 Å². The highest BCUT2D eigenvalue weighted by Gasteiger charge is 2.20. The molecule has 0 bridgehead atoms. The number of benzene rings is 1. The van der Waals surface area contributed by atoms with E-state index < -0.39 is 10.0 Å². The Hall–Kier alpha value is -1.46. The third-order valence-corrected chi connectivity index (χ3v) is 4.68. The van der Waals surface area contributed by atoms with Crippen molar-refractivity contribution in [3.8, 4) is 6.07 Å². The summed E-state index contributed by atoms with van der Waals surface area (Å²) in [7, 11) is -3.63. The van der Waals surface area contributed by atoms with Crippen LogP contribution in [0.4, 0.5) is 0 Å². The van der Waals surface area contributed by atoms with Gasteiger partial charge in [-0.1, -0.05) is 6.07 Å². The third kappa shape index (κ3) is 3.55. The number of ether oxygens (including phenoxy) is 1. The summed E-state index contributed by atoms with van der Waals surface area (Å²) in [5.74, 6) is 0. The van der Waals surface area contributed by atoms with Crippen LogP contribution in [0, 0.1) is 18.3 Å². The zero-order valence-electron chi connectivity index (χ0n) is 11.2. The normalized spacial score (nSPS) is 19.5. The molecule has 0 radical (unpaired) electrons. The molecule has 2 N–H and O–H groups in total. The Morgan fingerprint density at radius 2 is 2.35 bits per heavy atom. The minimum atomic E-state index is -3.63. The summed E-state index contributed by atoms with van der Waals surface area (Å²) in [6.45, 7) is 3.90. The Morgan fingerprint density at radius 1 is 1.55 bits per heavy atom. The average molecular weight is 295 g/mol. The summed E-state index contributed by atoms with van der Waals surface area (Å²) in [5, 5.41) is 12.0. The molecule has 1 saturated heterocycles. The van der Waals surface area contributed by atoms with Gasteiger partial charge in [-0.25, -0.2) is 13.1 Å². The molecule has 0 spiro atoms. The molecule has 0 aromatic heterocycles. The van der Waals surface area contributed by atoms with E-state index in [1.165, 1.54) is 6.07 Å². The quantitative estimate of drug-likeness (QED) is 0.824. The standard InChI is InChI=1S/C13H17N3O3S/c1-10-2-3-11(7-14)6-13(10)20(17,18)16-9-12-8-15-4-5-19-12/h2-3,6,12,15-16H,4-5,8-9H2,1H3. The van der Waals surface area contributed by atoms with Gasteiger partial charge in [0.15, 0.2) is 0 Å². The Balaban J connectivity index is 2.11. The van der Waals surface area contributed by atoms with Gasteiger partial charge in [0.05, 0.1) is 29.2 Å². The largest absolute Gasteiger partial charge is 0.374 e. The first-order valence-electron chi connectivity index (χ1n) is 6.35. The van der Waals surface area contributed by atoms with E-state index in [-0.39, 0.29) is 17.5 Å². The first-order valence-corrected chi connectivity index (χ1v) is 7.84. The number of hydrogen-bond donors (Lipinski definition) is 2. The Bertz CT molecular complexity index is 616. The lowest BCUT2D eigenvalue weighted by Crippen LogP contribution is -2.45. The van der Waals surface area contributed by atoms with Gasteiger partial charge in [-0.2, -0.15) is 5.26 Å². The smallest absolute Gasteiger partial charge is 0.240 e. The summed E-state index contributed by atoms with van der Waals surface area (Å²) >= 11 is 0. The van der Waals surface area contributed by atoms with Gasteiger partial charge < -0.3 is 10.1 Å². The van der Waals surface area contributed by atoms with Gasteiger partial charge in [0.25, 0.3) is 0 Å². The second-order valence-electron chi connectivity index (χ2n) is 4.64. The molecule has 0 saturated carbocycles. The van der Waals surface area contributed by atoms with Crippen molar-refractivity contribution >= 4 is 10.0 Å². The summed E-state index contributed by atoms with van der Waals surface area (Å²) < 4.78 is 32.5. The fourth-order valence-corrected chi connectivity index (χ4v) is 3.33. The van der Waals surface area contributed by atoms with Crippen molar-refractivity contribution in [3.05, 3.63) is 29.3 Å². The first-order chi connectivity index (χ1) is 9.53. The summed E-state index contributed by atoms with van der Waals surface area (Å²) in [6.07, 6.45) is -0.169. The summed E-state index contributed by atoms with van der Waals surface area (Å²) in [5.41, 5.74) is 0.936. The Labute approximate surface area is 118 Å². The highest BCUT2D eigenvalue weighted by molar-refractivity contribution is 7.89. The van der Waals surface area contributed by atoms with Gasteiger partial charge in [0.1, 0.15) is 0 Å². The maximum absolute atomic E-state index is 12.3. The Kier molecular flexibility index (Phi) is 4.73. The SMILES string of the molecule is Cc1ccc(C#N)cc1S(=O)(=O)NCC1CNCCO1. The zero-order valence-corrected chi connectivity index (χ0v) is 12.0. The van der Waals surface area contributed by atoms with E-state index in [1.807, 2.05) is 6.07 Å². The number of nitriles is 1. The van der Waals surface area contributed by atoms with E-state index in [0.717, 1.165) is 6.54 Å². The van der Waals surface area contributed by atoms with Crippen LogP contribution in [-0.4, -0.2) is 40.8 Å². The van der Waals surface area contributed by atoms with Crippen LogP contribution in [0.25, 0.3) is 0 Å². The third-order valence-electron chi connectivity index (χ3n) is 3.11. The molecule has 2 rings (SSSR count). The van der Waals surface area contributed by atoms with E-state index in [1.54, 1.807) is 19.1 Å². The lowest BCUT2D eigenvalue weighted by Gasteiger charge is -2.23. The molecule has 0 amide bonds. The van der Waals surface area contributed by atoms with Crippen molar-refractivity contribution in [2.45, 2.75) is 17.9 Å². The molecule has 108 valence electrons. The van der Waals surface area contributed by atoms with Gasteiger partial charge >= 0.3 is 0 Å². The first kappa shape index (κ1) is 14.9. The van der Waals surface area contributed by atoms with E-state index in [2.05, 4.69) is 10.0 Å². The summed E-state index contributed by atoms with van der Waals surface area (Å²) in [6, 6.07) is 6.56. The average Bonchev–Trinajstić information content (AvgIpc) is 2.47. The number of nitrogens with zero attached hydrogens (tertiary/aromatic N) is 1. The number of sulfonamides is 1. The topological polar surface area (TPSA) is 91.2 Å². The molecule has 1 aliphatic heterocycles. The highest BCUT2D eigenvalue weighted by atomic mass is 32.2. The number of aryl methyl sites for hydroxylation is 1. The number of rotatable bonds is 4. The van der Waals surface area contributed by atoms with Crippen LogP contribution < -0.4 is 10.0 Å². The molecule has 20 heavy (non-hydrogen) atoms. The van der Waals surface area contributed by atoms with Crippen LogP contribution in [0.1, 0.15) is 11.1 Å². The van der Waals surface area contributed by atoms with Crippen molar-refractivity contribution in [3.63, 3.8) is 0 Å². The summed E-state index contributed by atoms with van der Waals surface area (Å²) in [4.78, 5) is 0.139. The molecule has 7 heteroatoms. The molecular weight excluding hydrogens is 278 g/mol. The fraction of sp³-hybridized carbons (Fsp3) is 0.462. The van der Waals surface area contributed by atoms with E-state index >= 15 is 0 Å². The minimum absolute atomic E-state index is 0.139. The van der Waals surface area contributed by atoms with Gasteiger partial charge in [-0.15, -0.1) is 0 Å². The molecule has 1 fully saturated rings. The molecule has 1 heterocycles. The number of morpholine rings is 1. The van der Waals surface area contributed by atoms with Crippen LogP contribution in [0.15, 0.2) is 23.1 Å². The van der Waals surface area contributed by atoms with Crippen molar-refractivity contribution in [2.24, 2.45) is 0 Å². The van der Waals surface area contributed by atoms with Crippen molar-refractivity contribution in [1.29, 1.82) is 5.26 Å². The van der Waals surface area contributed by atoms with E-state index in [0.29, 0.717) is 24.3 Å². The van der Waals surface area contributed by atoms with Crippen molar-refractivity contribution in [2.75, 3.05) is 26.2 Å². The number of nitrogens with one attached hydrogen (secondary N) is 2. The Morgan fingerprint density at radius 3 is 3.00 bits per heavy atom. The van der Waals surface area contributed by atoms with Gasteiger partial charge in [-0.3, -0.25) is 0 Å². The second kappa shape index (κ2) is 6.33. The maximum Gasteiger partial charge on any atom is 0.240 e. The zero-order chi connectivity index (χ0) is 14.6. The maximum atomic E-state index is 12.3. The van der Waals surface area contributed by atoms with Crippen LogP contribution >= 0.6 is 0 Å². The van der Waals surface area contributed by atoms with Crippen molar-refractivity contribution < 1.29 is 13.2 Å². The number of hydrogen-bond acceptors (Lipinski definition) is 5. The predicted octanol–water partition coefficient (Wildman–Crippen LogP) is 0.133. The molecular formula is C13H17N3O3S. The lowest BCUT2D eigenvalue weighted by molar-refractivity contribution is 0.0324. The van der Waals surface area contributed by atoms with Crippen molar-refractivity contribution in [1.82, 2.24) is 10.0 Å².